The Hall–Kier alpha value is -0.585. The molecule has 0 radical (unpaired) electrons. The summed E-state index contributed by atoms with van der Waals surface area (Å²) in [7, 11) is -1.49. The number of carbonyl (C=O) groups excluding carboxylic acids is 1. The van der Waals surface area contributed by atoms with Gasteiger partial charge in [0, 0.05) is 0 Å². The van der Waals surface area contributed by atoms with E-state index in [4.69, 9.17) is 10.0 Å². The van der Waals surface area contributed by atoms with Gasteiger partial charge < -0.3 is 20.7 Å². The number of carbonyl (C=O) groups is 1. The van der Waals surface area contributed by atoms with E-state index >= 15 is 0 Å². The summed E-state index contributed by atoms with van der Waals surface area (Å²) >= 11 is 0. The number of rotatable bonds is 3. The van der Waals surface area contributed by atoms with Crippen LogP contribution < -0.4 is 10.6 Å². The smallest absolute Gasteiger partial charge is 0.426 e. The van der Waals surface area contributed by atoms with Crippen LogP contribution in [0.3, 0.4) is 0 Å². The van der Waals surface area contributed by atoms with Crippen LogP contribution in [-0.2, 0) is 4.79 Å². The molecular formula is C6H13BN2O3. The van der Waals surface area contributed by atoms with Gasteiger partial charge in [0.2, 0.25) is 5.91 Å². The maximum atomic E-state index is 11.1. The van der Waals surface area contributed by atoms with Gasteiger partial charge in [0.1, 0.15) is 0 Å². The molecule has 1 heterocycles. The van der Waals surface area contributed by atoms with Gasteiger partial charge in [0.25, 0.3) is 0 Å². The fourth-order valence-corrected chi connectivity index (χ4v) is 0.912. The molecule has 1 saturated heterocycles. The molecule has 68 valence electrons. The van der Waals surface area contributed by atoms with E-state index in [1.54, 1.807) is 6.92 Å². The molecule has 12 heavy (non-hydrogen) atoms. The lowest BCUT2D eigenvalue weighted by molar-refractivity contribution is -0.125. The van der Waals surface area contributed by atoms with E-state index in [2.05, 4.69) is 10.6 Å². The highest BCUT2D eigenvalue weighted by molar-refractivity contribution is 6.43. The average molecular weight is 172 g/mol. The summed E-state index contributed by atoms with van der Waals surface area (Å²) in [5.41, 5.74) is 0. The quantitative estimate of drug-likeness (QED) is 0.366. The molecule has 0 aromatic carbocycles. The standard InChI is InChI=1S/C6H13BN2O3/c1-4(7(11)12)9-6(10)5-2-3-8-5/h4-5,8,11-12H,2-3H2,1H3,(H,9,10)/t4-,5-/m0/s1. The first kappa shape index (κ1) is 9.50. The predicted molar refractivity (Wildman–Crippen MR) is 44.2 cm³/mol. The number of nitrogens with one attached hydrogen (secondary N) is 2. The van der Waals surface area contributed by atoms with E-state index in [1.165, 1.54) is 0 Å². The molecule has 1 fully saturated rings. The van der Waals surface area contributed by atoms with Crippen molar-refractivity contribution >= 4 is 13.0 Å². The van der Waals surface area contributed by atoms with E-state index in [-0.39, 0.29) is 11.9 Å². The van der Waals surface area contributed by atoms with E-state index in [9.17, 15) is 4.79 Å². The molecule has 1 aliphatic heterocycles. The largest absolute Gasteiger partial charge is 0.475 e. The Morgan fingerprint density at radius 3 is 2.67 bits per heavy atom. The second-order valence-electron chi connectivity index (χ2n) is 3.01. The molecule has 0 unspecified atom stereocenters. The molecule has 1 rings (SSSR count). The second-order valence-corrected chi connectivity index (χ2v) is 3.01. The van der Waals surface area contributed by atoms with Crippen LogP contribution in [0.2, 0.25) is 0 Å². The van der Waals surface area contributed by atoms with Crippen molar-refractivity contribution in [1.29, 1.82) is 0 Å². The van der Waals surface area contributed by atoms with Gasteiger partial charge in [-0.25, -0.2) is 0 Å². The zero-order valence-corrected chi connectivity index (χ0v) is 6.95. The third kappa shape index (κ3) is 2.20. The minimum Gasteiger partial charge on any atom is -0.426 e. The number of amides is 1. The van der Waals surface area contributed by atoms with Gasteiger partial charge >= 0.3 is 7.12 Å². The van der Waals surface area contributed by atoms with E-state index in [0.29, 0.717) is 0 Å². The van der Waals surface area contributed by atoms with Crippen LogP contribution in [0.1, 0.15) is 13.3 Å². The molecule has 5 nitrogen and oxygen atoms in total. The van der Waals surface area contributed by atoms with Crippen molar-refractivity contribution in [2.24, 2.45) is 0 Å². The van der Waals surface area contributed by atoms with Gasteiger partial charge in [-0.3, -0.25) is 4.79 Å². The first-order valence-corrected chi connectivity index (χ1v) is 4.01. The highest BCUT2D eigenvalue weighted by atomic mass is 16.4. The third-order valence-electron chi connectivity index (χ3n) is 1.96. The monoisotopic (exact) mass is 172 g/mol. The molecule has 1 amide bonds. The molecule has 2 atom stereocenters. The summed E-state index contributed by atoms with van der Waals surface area (Å²) in [6, 6.07) is -0.147. The lowest BCUT2D eigenvalue weighted by atomic mass is 9.81. The van der Waals surface area contributed by atoms with Crippen LogP contribution in [0, 0.1) is 0 Å². The average Bonchev–Trinajstić information content (AvgIpc) is 1.82. The topological polar surface area (TPSA) is 81.6 Å². The van der Waals surface area contributed by atoms with Crippen LogP contribution in [0.4, 0.5) is 0 Å². The Balaban J connectivity index is 2.25. The van der Waals surface area contributed by atoms with Gasteiger partial charge in [-0.1, -0.05) is 0 Å². The maximum Gasteiger partial charge on any atom is 0.475 e. The highest BCUT2D eigenvalue weighted by Crippen LogP contribution is 2.01. The molecular weight excluding hydrogens is 159 g/mol. The first-order chi connectivity index (χ1) is 5.61. The Bertz CT molecular complexity index is 172. The molecule has 1 aliphatic rings. The van der Waals surface area contributed by atoms with Crippen LogP contribution in [0.15, 0.2) is 0 Å². The zero-order valence-electron chi connectivity index (χ0n) is 6.95. The fraction of sp³-hybridized carbons (Fsp3) is 0.833. The second kappa shape index (κ2) is 3.89. The summed E-state index contributed by atoms with van der Waals surface area (Å²) in [4.78, 5) is 11.1. The minimum atomic E-state index is -1.49. The minimum absolute atomic E-state index is 0.147. The Kier molecular flexibility index (Phi) is 3.08. The van der Waals surface area contributed by atoms with Crippen LogP contribution in [-0.4, -0.2) is 41.6 Å². The van der Waals surface area contributed by atoms with Gasteiger partial charge in [-0.2, -0.15) is 0 Å². The van der Waals surface area contributed by atoms with Crippen molar-refractivity contribution in [3.05, 3.63) is 0 Å². The van der Waals surface area contributed by atoms with Crippen molar-refractivity contribution in [3.63, 3.8) is 0 Å². The summed E-state index contributed by atoms with van der Waals surface area (Å²) in [5, 5.41) is 22.7. The molecule has 0 aromatic rings. The molecule has 0 bridgehead atoms. The molecule has 0 aliphatic carbocycles. The molecule has 0 spiro atoms. The highest BCUT2D eigenvalue weighted by Gasteiger charge is 2.28. The van der Waals surface area contributed by atoms with Crippen LogP contribution in [0.25, 0.3) is 0 Å². The van der Waals surface area contributed by atoms with Crippen molar-refractivity contribution in [2.45, 2.75) is 25.3 Å². The summed E-state index contributed by atoms with van der Waals surface area (Å²) in [5.74, 6) is -0.776. The van der Waals surface area contributed by atoms with Crippen molar-refractivity contribution in [2.75, 3.05) is 6.54 Å². The summed E-state index contributed by atoms with van der Waals surface area (Å²) < 4.78 is 0. The van der Waals surface area contributed by atoms with Gasteiger partial charge in [0.05, 0.1) is 12.0 Å². The maximum absolute atomic E-state index is 11.1. The van der Waals surface area contributed by atoms with Crippen LogP contribution in [0.5, 0.6) is 0 Å². The Morgan fingerprint density at radius 1 is 1.75 bits per heavy atom. The SMILES string of the molecule is C[C@H](NC(=O)[C@@H]1CCN1)B(O)O. The van der Waals surface area contributed by atoms with E-state index in [0.717, 1.165) is 13.0 Å². The Labute approximate surface area is 71.3 Å². The van der Waals surface area contributed by atoms with E-state index < -0.39 is 13.1 Å². The van der Waals surface area contributed by atoms with Gasteiger partial charge in [-0.15, -0.1) is 0 Å². The molecule has 4 N–H and O–H groups in total. The lowest BCUT2D eigenvalue weighted by Crippen LogP contribution is -2.57. The normalized spacial score (nSPS) is 24.1. The predicted octanol–water partition coefficient (Wildman–Crippen LogP) is -2.13. The molecule has 0 saturated carbocycles. The zero-order chi connectivity index (χ0) is 9.14. The van der Waals surface area contributed by atoms with Crippen molar-refractivity contribution in [3.8, 4) is 0 Å². The lowest BCUT2D eigenvalue weighted by Gasteiger charge is -2.27. The van der Waals surface area contributed by atoms with Gasteiger partial charge in [-0.05, 0) is 19.9 Å². The molecule has 6 heteroatoms. The third-order valence-corrected chi connectivity index (χ3v) is 1.96. The van der Waals surface area contributed by atoms with Gasteiger partial charge in [0.15, 0.2) is 0 Å². The first-order valence-electron chi connectivity index (χ1n) is 4.01. The number of hydrogen-bond donors (Lipinski definition) is 4. The number of hydrogen-bond acceptors (Lipinski definition) is 4. The fourth-order valence-electron chi connectivity index (χ4n) is 0.912. The van der Waals surface area contributed by atoms with Crippen molar-refractivity contribution in [1.82, 2.24) is 10.6 Å². The summed E-state index contributed by atoms with van der Waals surface area (Å²) in [6.07, 6.45) is 0.820. The van der Waals surface area contributed by atoms with Crippen LogP contribution >= 0.6 is 0 Å². The Morgan fingerprint density at radius 2 is 2.33 bits per heavy atom. The van der Waals surface area contributed by atoms with Crippen molar-refractivity contribution < 1.29 is 14.8 Å². The van der Waals surface area contributed by atoms with E-state index in [1.807, 2.05) is 0 Å². The summed E-state index contributed by atoms with van der Waals surface area (Å²) in [6.45, 7) is 2.40. The molecule has 0 aromatic heterocycles.